The molecule has 1 rings (SSSR count). The minimum Gasteiger partial charge on any atom is -0.446 e. The van der Waals surface area contributed by atoms with Crippen molar-refractivity contribution in [1.29, 1.82) is 0 Å². The minimum absolute atomic E-state index is 0.192. The first kappa shape index (κ1) is 7.53. The lowest BCUT2D eigenvalue weighted by molar-refractivity contribution is -0.127. The van der Waals surface area contributed by atoms with E-state index in [2.05, 4.69) is 5.32 Å². The van der Waals surface area contributed by atoms with Gasteiger partial charge in [0.2, 0.25) is 6.29 Å². The number of furan rings is 1. The maximum Gasteiger partial charge on any atom is 0.290 e. The molecular formula is C7H7NO3. The van der Waals surface area contributed by atoms with E-state index in [-0.39, 0.29) is 6.29 Å². The van der Waals surface area contributed by atoms with Gasteiger partial charge in [-0.3, -0.25) is 14.9 Å². The van der Waals surface area contributed by atoms with Gasteiger partial charge in [0.25, 0.3) is 5.91 Å². The molecule has 0 aliphatic rings. The molecule has 0 saturated heterocycles. The lowest BCUT2D eigenvalue weighted by atomic mass is 10.5. The third kappa shape index (κ3) is 1.93. The van der Waals surface area contributed by atoms with Gasteiger partial charge in [-0.15, -0.1) is 0 Å². The Morgan fingerprint density at radius 3 is 2.82 bits per heavy atom. The van der Waals surface area contributed by atoms with Crippen LogP contribution in [0.1, 0.15) is 5.76 Å². The van der Waals surface area contributed by atoms with Gasteiger partial charge in [-0.25, -0.2) is 0 Å². The molecule has 1 amide bonds. The quantitative estimate of drug-likeness (QED) is 0.503. The van der Waals surface area contributed by atoms with E-state index in [4.69, 9.17) is 4.42 Å². The summed E-state index contributed by atoms with van der Waals surface area (Å²) < 4.78 is 4.97. The first-order valence-corrected chi connectivity index (χ1v) is 3.05. The lowest BCUT2D eigenvalue weighted by Crippen LogP contribution is -2.11. The van der Waals surface area contributed by atoms with Crippen LogP contribution in [-0.2, 0) is 9.59 Å². The number of aldehydes is 1. The second-order valence-corrected chi connectivity index (χ2v) is 2.02. The topological polar surface area (TPSA) is 59.3 Å². The average Bonchev–Trinajstić information content (AvgIpc) is 2.35. The van der Waals surface area contributed by atoms with Crippen LogP contribution in [0.3, 0.4) is 0 Å². The fraction of sp³-hybridized carbons (Fsp3) is 0.143. The zero-order valence-electron chi connectivity index (χ0n) is 5.96. The monoisotopic (exact) mass is 153 g/mol. The number of rotatable bonds is 2. The van der Waals surface area contributed by atoms with Gasteiger partial charge in [-0.2, -0.15) is 0 Å². The van der Waals surface area contributed by atoms with Crippen molar-refractivity contribution in [3.05, 3.63) is 17.9 Å². The molecule has 4 heteroatoms. The predicted molar refractivity (Wildman–Crippen MR) is 38.1 cm³/mol. The molecule has 0 saturated carbocycles. The Kier molecular flexibility index (Phi) is 2.06. The Bertz CT molecular complexity index is 277. The van der Waals surface area contributed by atoms with E-state index in [1.54, 1.807) is 19.1 Å². The standard InChI is InChI=1S/C7H7NO3/c1-5-2-3-7(11-5)8-6(10)4-9/h2-4H,1H3,(H,8,10). The average molecular weight is 153 g/mol. The highest BCUT2D eigenvalue weighted by molar-refractivity contribution is 6.29. The van der Waals surface area contributed by atoms with Crippen molar-refractivity contribution in [3.8, 4) is 0 Å². The minimum atomic E-state index is -0.709. The number of nitrogens with one attached hydrogen (secondary N) is 1. The van der Waals surface area contributed by atoms with Crippen molar-refractivity contribution in [3.63, 3.8) is 0 Å². The highest BCUT2D eigenvalue weighted by Gasteiger charge is 2.01. The molecule has 0 atom stereocenters. The second-order valence-electron chi connectivity index (χ2n) is 2.02. The molecule has 0 unspecified atom stereocenters. The van der Waals surface area contributed by atoms with Crippen molar-refractivity contribution in [2.75, 3.05) is 5.32 Å². The maximum atomic E-state index is 10.5. The van der Waals surface area contributed by atoms with E-state index < -0.39 is 5.91 Å². The van der Waals surface area contributed by atoms with Crippen molar-refractivity contribution >= 4 is 18.1 Å². The van der Waals surface area contributed by atoms with Crippen molar-refractivity contribution in [2.45, 2.75) is 6.92 Å². The maximum absolute atomic E-state index is 10.5. The van der Waals surface area contributed by atoms with E-state index in [1.165, 1.54) is 0 Å². The van der Waals surface area contributed by atoms with Crippen LogP contribution in [0, 0.1) is 6.92 Å². The summed E-state index contributed by atoms with van der Waals surface area (Å²) in [7, 11) is 0. The lowest BCUT2D eigenvalue weighted by Gasteiger charge is -1.92. The summed E-state index contributed by atoms with van der Waals surface area (Å²) in [5.74, 6) is 0.269. The van der Waals surface area contributed by atoms with Crippen LogP contribution in [0.5, 0.6) is 0 Å². The fourth-order valence-electron chi connectivity index (χ4n) is 0.653. The van der Waals surface area contributed by atoms with Crippen LogP contribution in [0.4, 0.5) is 5.88 Å². The predicted octanol–water partition coefficient (Wildman–Crippen LogP) is 0.725. The van der Waals surface area contributed by atoms with Gasteiger partial charge in [0, 0.05) is 6.07 Å². The SMILES string of the molecule is Cc1ccc(NC(=O)C=O)o1. The number of amides is 1. The Hall–Kier alpha value is -1.58. The molecule has 4 nitrogen and oxygen atoms in total. The third-order valence-corrected chi connectivity index (χ3v) is 1.09. The van der Waals surface area contributed by atoms with E-state index >= 15 is 0 Å². The van der Waals surface area contributed by atoms with Gasteiger partial charge in [0.1, 0.15) is 5.76 Å². The Morgan fingerprint density at radius 1 is 1.64 bits per heavy atom. The summed E-state index contributed by atoms with van der Waals surface area (Å²) in [4.78, 5) is 20.3. The van der Waals surface area contributed by atoms with Crippen LogP contribution in [0.25, 0.3) is 0 Å². The van der Waals surface area contributed by atoms with Crippen LogP contribution in [-0.4, -0.2) is 12.2 Å². The highest BCUT2D eigenvalue weighted by Crippen LogP contribution is 2.10. The molecule has 1 N–H and O–H groups in total. The van der Waals surface area contributed by atoms with E-state index in [9.17, 15) is 9.59 Å². The Labute approximate surface area is 63.2 Å². The number of hydrogen-bond acceptors (Lipinski definition) is 3. The summed E-state index contributed by atoms with van der Waals surface area (Å²) in [6.07, 6.45) is 0.192. The summed E-state index contributed by atoms with van der Waals surface area (Å²) in [6, 6.07) is 3.27. The molecule has 0 bridgehead atoms. The van der Waals surface area contributed by atoms with Gasteiger partial charge in [0.05, 0.1) is 0 Å². The number of carbonyl (C=O) groups is 2. The normalized spacial score (nSPS) is 9.18. The molecule has 0 spiro atoms. The first-order valence-electron chi connectivity index (χ1n) is 3.05. The van der Waals surface area contributed by atoms with Gasteiger partial charge >= 0.3 is 0 Å². The Morgan fingerprint density at radius 2 is 2.36 bits per heavy atom. The molecule has 58 valence electrons. The van der Waals surface area contributed by atoms with E-state index in [0.29, 0.717) is 11.6 Å². The fourth-order valence-corrected chi connectivity index (χ4v) is 0.653. The number of aryl methyl sites for hydroxylation is 1. The molecule has 11 heavy (non-hydrogen) atoms. The molecule has 1 aromatic rings. The highest BCUT2D eigenvalue weighted by atomic mass is 16.4. The van der Waals surface area contributed by atoms with Crippen molar-refractivity contribution < 1.29 is 14.0 Å². The van der Waals surface area contributed by atoms with Gasteiger partial charge in [-0.05, 0) is 13.0 Å². The van der Waals surface area contributed by atoms with Crippen LogP contribution >= 0.6 is 0 Å². The smallest absolute Gasteiger partial charge is 0.290 e. The molecular weight excluding hydrogens is 146 g/mol. The van der Waals surface area contributed by atoms with E-state index in [0.717, 1.165) is 0 Å². The zero-order valence-corrected chi connectivity index (χ0v) is 5.96. The van der Waals surface area contributed by atoms with Crippen LogP contribution in [0.2, 0.25) is 0 Å². The third-order valence-electron chi connectivity index (χ3n) is 1.09. The van der Waals surface area contributed by atoms with Gasteiger partial charge in [-0.1, -0.05) is 0 Å². The Balaban J connectivity index is 2.64. The molecule has 0 aromatic carbocycles. The summed E-state index contributed by atoms with van der Waals surface area (Å²) in [5.41, 5.74) is 0. The van der Waals surface area contributed by atoms with Gasteiger partial charge in [0.15, 0.2) is 5.88 Å². The first-order chi connectivity index (χ1) is 5.22. The number of carbonyl (C=O) groups excluding carboxylic acids is 2. The van der Waals surface area contributed by atoms with E-state index in [1.807, 2.05) is 0 Å². The number of hydrogen-bond donors (Lipinski definition) is 1. The van der Waals surface area contributed by atoms with Crippen molar-refractivity contribution in [1.82, 2.24) is 0 Å². The van der Waals surface area contributed by atoms with Crippen LogP contribution < -0.4 is 5.32 Å². The second kappa shape index (κ2) is 3.01. The summed E-state index contributed by atoms with van der Waals surface area (Å²) in [6.45, 7) is 1.75. The zero-order chi connectivity index (χ0) is 8.27. The molecule has 1 aromatic heterocycles. The molecule has 1 heterocycles. The number of anilines is 1. The van der Waals surface area contributed by atoms with Crippen molar-refractivity contribution in [2.24, 2.45) is 0 Å². The molecule has 0 radical (unpaired) electrons. The largest absolute Gasteiger partial charge is 0.446 e. The molecule has 0 fully saturated rings. The van der Waals surface area contributed by atoms with Gasteiger partial charge < -0.3 is 4.42 Å². The van der Waals surface area contributed by atoms with Crippen LogP contribution in [0.15, 0.2) is 16.5 Å². The molecule has 0 aliphatic carbocycles. The summed E-state index contributed by atoms with van der Waals surface area (Å²) in [5, 5.41) is 2.24. The molecule has 0 aliphatic heterocycles. The summed E-state index contributed by atoms with van der Waals surface area (Å²) >= 11 is 0.